The lowest BCUT2D eigenvalue weighted by Gasteiger charge is -1.98. The number of thiol groups is 1. The van der Waals surface area contributed by atoms with Gasteiger partial charge in [0.1, 0.15) is 6.61 Å². The smallest absolute Gasteiger partial charge is 0.306 e. The highest BCUT2D eigenvalue weighted by Crippen LogP contribution is 1.87. The quantitative estimate of drug-likeness (QED) is 0.432. The van der Waals surface area contributed by atoms with Crippen LogP contribution in [0.5, 0.6) is 0 Å². The average molecular weight is 150 g/mol. The average Bonchev–Trinajstić information content (AvgIpc) is 1.85. The van der Waals surface area contributed by atoms with Crippen molar-refractivity contribution in [3.8, 4) is 0 Å². The molecule has 0 amide bonds. The van der Waals surface area contributed by atoms with E-state index < -0.39 is 0 Å². The molecule has 0 aromatic carbocycles. The Kier molecular flexibility index (Phi) is 5.76. The molecule has 0 saturated carbocycles. The van der Waals surface area contributed by atoms with E-state index in [1.165, 1.54) is 0 Å². The van der Waals surface area contributed by atoms with E-state index in [1.807, 2.05) is 0 Å². The van der Waals surface area contributed by atoms with E-state index >= 15 is 0 Å². The zero-order valence-corrected chi connectivity index (χ0v) is 5.93. The molecule has 54 valence electrons. The van der Waals surface area contributed by atoms with Gasteiger partial charge in [0.25, 0.3) is 0 Å². The Morgan fingerprint density at radius 1 is 1.67 bits per heavy atom. The van der Waals surface area contributed by atoms with Gasteiger partial charge < -0.3 is 9.84 Å². The summed E-state index contributed by atoms with van der Waals surface area (Å²) in [7, 11) is 0. The van der Waals surface area contributed by atoms with Crippen LogP contribution < -0.4 is 0 Å². The topological polar surface area (TPSA) is 46.5 Å². The lowest BCUT2D eigenvalue weighted by atomic mass is 10.5. The van der Waals surface area contributed by atoms with E-state index in [1.54, 1.807) is 0 Å². The molecular formula is C5H10O3S. The van der Waals surface area contributed by atoms with Gasteiger partial charge in [-0.15, -0.1) is 0 Å². The van der Waals surface area contributed by atoms with Crippen molar-refractivity contribution in [1.29, 1.82) is 0 Å². The Morgan fingerprint density at radius 2 is 2.33 bits per heavy atom. The molecule has 1 N–H and O–H groups in total. The maximum absolute atomic E-state index is 10.4. The van der Waals surface area contributed by atoms with Crippen LogP contribution >= 0.6 is 12.6 Å². The van der Waals surface area contributed by atoms with Crippen LogP contribution in [0.3, 0.4) is 0 Å². The van der Waals surface area contributed by atoms with E-state index in [2.05, 4.69) is 17.4 Å². The van der Waals surface area contributed by atoms with Crippen LogP contribution in [0.15, 0.2) is 0 Å². The normalized spacial score (nSPS) is 9.11. The molecular weight excluding hydrogens is 140 g/mol. The van der Waals surface area contributed by atoms with E-state index in [4.69, 9.17) is 5.11 Å². The third kappa shape index (κ3) is 5.65. The monoisotopic (exact) mass is 150 g/mol. The van der Waals surface area contributed by atoms with Crippen LogP contribution in [0.1, 0.15) is 6.42 Å². The summed E-state index contributed by atoms with van der Waals surface area (Å²) in [5.74, 6) is 0.184. The first-order chi connectivity index (χ1) is 4.31. The van der Waals surface area contributed by atoms with Gasteiger partial charge in [-0.3, -0.25) is 4.79 Å². The fourth-order valence-corrected chi connectivity index (χ4v) is 0.506. The summed E-state index contributed by atoms with van der Waals surface area (Å²) in [6.07, 6.45) is 0.309. The van der Waals surface area contributed by atoms with Gasteiger partial charge in [-0.25, -0.2) is 0 Å². The number of carbonyl (C=O) groups excluding carboxylic acids is 1. The van der Waals surface area contributed by atoms with Crippen molar-refractivity contribution < 1.29 is 14.6 Å². The van der Waals surface area contributed by atoms with Gasteiger partial charge in [0, 0.05) is 5.75 Å². The fraction of sp³-hybridized carbons (Fsp3) is 0.800. The molecule has 0 aromatic heterocycles. The van der Waals surface area contributed by atoms with Gasteiger partial charge in [-0.1, -0.05) is 0 Å². The molecule has 3 nitrogen and oxygen atoms in total. The molecule has 0 radical (unpaired) electrons. The molecule has 4 heteroatoms. The van der Waals surface area contributed by atoms with E-state index in [0.717, 1.165) is 0 Å². The maximum Gasteiger partial charge on any atom is 0.306 e. The highest BCUT2D eigenvalue weighted by molar-refractivity contribution is 7.80. The molecule has 0 fully saturated rings. The van der Waals surface area contributed by atoms with Gasteiger partial charge in [0.15, 0.2) is 0 Å². The van der Waals surface area contributed by atoms with Crippen LogP contribution in [0.25, 0.3) is 0 Å². The summed E-state index contributed by atoms with van der Waals surface area (Å²) < 4.78 is 4.49. The lowest BCUT2D eigenvalue weighted by Crippen LogP contribution is -2.08. The van der Waals surface area contributed by atoms with Gasteiger partial charge in [-0.05, 0) is 0 Å². The molecule has 0 aliphatic heterocycles. The molecule has 0 saturated heterocycles. The molecule has 0 heterocycles. The van der Waals surface area contributed by atoms with Crippen molar-refractivity contribution in [2.24, 2.45) is 0 Å². The summed E-state index contributed by atoms with van der Waals surface area (Å²) in [6, 6.07) is 0. The molecule has 0 unspecified atom stereocenters. The van der Waals surface area contributed by atoms with Crippen molar-refractivity contribution in [1.82, 2.24) is 0 Å². The van der Waals surface area contributed by atoms with E-state index in [0.29, 0.717) is 12.2 Å². The van der Waals surface area contributed by atoms with Gasteiger partial charge in [0.2, 0.25) is 0 Å². The van der Waals surface area contributed by atoms with Crippen LogP contribution in [-0.2, 0) is 9.53 Å². The van der Waals surface area contributed by atoms with Gasteiger partial charge >= 0.3 is 5.97 Å². The zero-order valence-electron chi connectivity index (χ0n) is 5.04. The molecule has 0 rings (SSSR count). The summed E-state index contributed by atoms with van der Waals surface area (Å²) >= 11 is 3.82. The van der Waals surface area contributed by atoms with Crippen LogP contribution in [0.2, 0.25) is 0 Å². The minimum atomic E-state index is -0.306. The first-order valence-corrected chi connectivity index (χ1v) is 3.32. The largest absolute Gasteiger partial charge is 0.463 e. The minimum Gasteiger partial charge on any atom is -0.463 e. The van der Waals surface area contributed by atoms with Crippen molar-refractivity contribution in [3.05, 3.63) is 0 Å². The SMILES string of the molecule is O=C(CCS)OCCO. The van der Waals surface area contributed by atoms with Crippen molar-refractivity contribution in [2.45, 2.75) is 6.42 Å². The second-order valence-corrected chi connectivity index (χ2v) is 1.86. The first-order valence-electron chi connectivity index (χ1n) is 2.68. The molecule has 0 aromatic rings. The molecule has 0 atom stereocenters. The van der Waals surface area contributed by atoms with Gasteiger partial charge in [-0.2, -0.15) is 12.6 Å². The Balaban J connectivity index is 3.06. The molecule has 0 aliphatic carbocycles. The molecule has 0 aliphatic rings. The number of carbonyl (C=O) groups is 1. The third-order valence-corrected chi connectivity index (χ3v) is 0.894. The molecule has 9 heavy (non-hydrogen) atoms. The van der Waals surface area contributed by atoms with Crippen molar-refractivity contribution >= 4 is 18.6 Å². The number of aliphatic hydroxyl groups is 1. The lowest BCUT2D eigenvalue weighted by molar-refractivity contribution is -0.144. The van der Waals surface area contributed by atoms with Crippen LogP contribution in [-0.4, -0.2) is 30.0 Å². The Bertz CT molecular complexity index is 84.3. The number of aliphatic hydroxyl groups excluding tert-OH is 1. The predicted octanol–water partition coefficient (Wildman–Crippen LogP) is -0.158. The Hall–Kier alpha value is -0.220. The number of esters is 1. The van der Waals surface area contributed by atoms with Gasteiger partial charge in [0.05, 0.1) is 13.0 Å². The molecule has 0 bridgehead atoms. The summed E-state index contributed by atoms with van der Waals surface area (Å²) in [4.78, 5) is 10.4. The second-order valence-electron chi connectivity index (χ2n) is 1.42. The highest BCUT2D eigenvalue weighted by Gasteiger charge is 1.97. The van der Waals surface area contributed by atoms with Crippen molar-refractivity contribution in [2.75, 3.05) is 19.0 Å². The van der Waals surface area contributed by atoms with E-state index in [-0.39, 0.29) is 19.2 Å². The Labute approximate surface area is 59.4 Å². The number of hydrogen-bond donors (Lipinski definition) is 2. The minimum absolute atomic E-state index is 0.0899. The zero-order chi connectivity index (χ0) is 7.11. The Morgan fingerprint density at radius 3 is 2.78 bits per heavy atom. The molecule has 0 spiro atoms. The standard InChI is InChI=1S/C5H10O3S/c6-2-3-8-5(7)1-4-9/h6,9H,1-4H2. The predicted molar refractivity (Wildman–Crippen MR) is 36.5 cm³/mol. The van der Waals surface area contributed by atoms with Crippen molar-refractivity contribution in [3.63, 3.8) is 0 Å². The van der Waals surface area contributed by atoms with Crippen LogP contribution in [0, 0.1) is 0 Å². The first kappa shape index (κ1) is 8.78. The summed E-state index contributed by atoms with van der Waals surface area (Å²) in [6.45, 7) is -0.0229. The summed E-state index contributed by atoms with van der Waals surface area (Å²) in [5.41, 5.74) is 0. The number of rotatable bonds is 4. The number of hydrogen-bond acceptors (Lipinski definition) is 4. The summed E-state index contributed by atoms with van der Waals surface area (Å²) in [5, 5.41) is 8.19. The highest BCUT2D eigenvalue weighted by atomic mass is 32.1. The van der Waals surface area contributed by atoms with E-state index in [9.17, 15) is 4.79 Å². The number of ether oxygens (including phenoxy) is 1. The third-order valence-electron chi connectivity index (χ3n) is 0.670. The second kappa shape index (κ2) is 5.91. The fourth-order valence-electron chi connectivity index (χ4n) is 0.323. The maximum atomic E-state index is 10.4. The van der Waals surface area contributed by atoms with Crippen LogP contribution in [0.4, 0.5) is 0 Å².